The first kappa shape index (κ1) is 19.0. The first-order valence-corrected chi connectivity index (χ1v) is 8.61. The zero-order valence-electron chi connectivity index (χ0n) is 14.4. The Morgan fingerprint density at radius 2 is 2.23 bits per heavy atom. The number of aryl methyl sites for hydroxylation is 1. The standard InChI is InChI=1S/C16H29BrN4O/c1-6-18-16(19-7-8-22-12-13(2)3)21(5)11-15-9-14(17)10-20(15)4/h9-10,13H,6-8,11-12H2,1-5H3,(H,18,19). The van der Waals surface area contributed by atoms with Gasteiger partial charge >= 0.3 is 0 Å². The van der Waals surface area contributed by atoms with Gasteiger partial charge in [0.1, 0.15) is 0 Å². The van der Waals surface area contributed by atoms with Gasteiger partial charge in [-0.1, -0.05) is 13.8 Å². The SMILES string of the molecule is CCNC(=NCCOCC(C)C)N(C)Cc1cc(Br)cn1C. The first-order valence-electron chi connectivity index (χ1n) is 7.82. The predicted molar refractivity (Wildman–Crippen MR) is 96.2 cm³/mol. The number of ether oxygens (including phenoxy) is 1. The Kier molecular flexibility index (Phi) is 8.56. The van der Waals surface area contributed by atoms with Gasteiger partial charge in [0.05, 0.1) is 19.7 Å². The normalized spacial score (nSPS) is 12.0. The van der Waals surface area contributed by atoms with E-state index in [4.69, 9.17) is 4.74 Å². The van der Waals surface area contributed by atoms with Crippen molar-refractivity contribution in [2.75, 3.05) is 33.4 Å². The number of aromatic nitrogens is 1. The van der Waals surface area contributed by atoms with Crippen molar-refractivity contribution < 1.29 is 4.74 Å². The highest BCUT2D eigenvalue weighted by molar-refractivity contribution is 9.10. The zero-order chi connectivity index (χ0) is 16.5. The van der Waals surface area contributed by atoms with Crippen LogP contribution in [0.4, 0.5) is 0 Å². The molecule has 0 unspecified atom stereocenters. The fraction of sp³-hybridized carbons (Fsp3) is 0.688. The maximum Gasteiger partial charge on any atom is 0.194 e. The Labute approximate surface area is 142 Å². The van der Waals surface area contributed by atoms with E-state index in [1.807, 2.05) is 0 Å². The number of hydrogen-bond donors (Lipinski definition) is 1. The van der Waals surface area contributed by atoms with Crippen LogP contribution in [0.25, 0.3) is 0 Å². The largest absolute Gasteiger partial charge is 0.379 e. The third kappa shape index (κ3) is 6.83. The Hall–Kier alpha value is -1.01. The van der Waals surface area contributed by atoms with Crippen LogP contribution in [0.2, 0.25) is 0 Å². The van der Waals surface area contributed by atoms with Crippen molar-refractivity contribution in [3.63, 3.8) is 0 Å². The van der Waals surface area contributed by atoms with Gasteiger partial charge in [-0.15, -0.1) is 0 Å². The molecule has 0 fully saturated rings. The maximum atomic E-state index is 5.58. The first-order chi connectivity index (χ1) is 10.4. The number of rotatable bonds is 8. The topological polar surface area (TPSA) is 41.8 Å². The molecule has 126 valence electrons. The fourth-order valence-electron chi connectivity index (χ4n) is 2.05. The van der Waals surface area contributed by atoms with E-state index < -0.39 is 0 Å². The summed E-state index contributed by atoms with van der Waals surface area (Å²) in [6.45, 7) is 10.2. The van der Waals surface area contributed by atoms with Crippen LogP contribution in [0.15, 0.2) is 21.7 Å². The molecule has 1 aromatic rings. The highest BCUT2D eigenvalue weighted by Crippen LogP contribution is 2.14. The van der Waals surface area contributed by atoms with Crippen molar-refractivity contribution in [1.29, 1.82) is 0 Å². The molecule has 1 N–H and O–H groups in total. The van der Waals surface area contributed by atoms with Crippen molar-refractivity contribution in [2.45, 2.75) is 27.3 Å². The number of nitrogens with one attached hydrogen (secondary N) is 1. The summed E-state index contributed by atoms with van der Waals surface area (Å²) < 4.78 is 8.80. The second-order valence-corrected chi connectivity index (χ2v) is 6.74. The summed E-state index contributed by atoms with van der Waals surface area (Å²) in [5, 5.41) is 3.33. The summed E-state index contributed by atoms with van der Waals surface area (Å²) in [4.78, 5) is 6.76. The average molecular weight is 373 g/mol. The second-order valence-electron chi connectivity index (χ2n) is 5.82. The molecular formula is C16H29BrN4O. The zero-order valence-corrected chi connectivity index (χ0v) is 16.0. The lowest BCUT2D eigenvalue weighted by Gasteiger charge is -2.22. The predicted octanol–water partition coefficient (Wildman–Crippen LogP) is 2.86. The van der Waals surface area contributed by atoms with Gasteiger partial charge in [-0.2, -0.15) is 0 Å². The van der Waals surface area contributed by atoms with E-state index in [2.05, 4.69) is 82.8 Å². The van der Waals surface area contributed by atoms with Gasteiger partial charge in [0.2, 0.25) is 0 Å². The maximum absolute atomic E-state index is 5.58. The molecule has 1 rings (SSSR count). The van der Waals surface area contributed by atoms with Crippen molar-refractivity contribution in [1.82, 2.24) is 14.8 Å². The van der Waals surface area contributed by atoms with Gasteiger partial charge < -0.3 is 19.5 Å². The number of halogens is 1. The van der Waals surface area contributed by atoms with Crippen LogP contribution in [0.1, 0.15) is 26.5 Å². The third-order valence-electron chi connectivity index (χ3n) is 3.12. The van der Waals surface area contributed by atoms with Crippen molar-refractivity contribution in [2.24, 2.45) is 18.0 Å². The molecule has 1 aromatic heterocycles. The van der Waals surface area contributed by atoms with Crippen LogP contribution in [-0.4, -0.2) is 48.8 Å². The molecule has 5 nitrogen and oxygen atoms in total. The minimum atomic E-state index is 0.565. The summed E-state index contributed by atoms with van der Waals surface area (Å²) in [6.07, 6.45) is 2.06. The highest BCUT2D eigenvalue weighted by atomic mass is 79.9. The van der Waals surface area contributed by atoms with Gasteiger partial charge in [-0.3, -0.25) is 4.99 Å². The van der Waals surface area contributed by atoms with Crippen LogP contribution in [0, 0.1) is 5.92 Å². The van der Waals surface area contributed by atoms with Gasteiger partial charge in [0.25, 0.3) is 0 Å². The third-order valence-corrected chi connectivity index (χ3v) is 3.55. The van der Waals surface area contributed by atoms with E-state index in [0.29, 0.717) is 19.1 Å². The van der Waals surface area contributed by atoms with E-state index in [9.17, 15) is 0 Å². The molecule has 0 aliphatic carbocycles. The van der Waals surface area contributed by atoms with E-state index in [-0.39, 0.29) is 0 Å². The summed E-state index contributed by atoms with van der Waals surface area (Å²) >= 11 is 3.51. The van der Waals surface area contributed by atoms with Gasteiger partial charge in [0, 0.05) is 43.6 Å². The lowest BCUT2D eigenvalue weighted by Crippen LogP contribution is -2.39. The van der Waals surface area contributed by atoms with Crippen LogP contribution >= 0.6 is 15.9 Å². The molecule has 0 saturated carbocycles. The number of guanidine groups is 1. The van der Waals surface area contributed by atoms with Crippen LogP contribution in [0.3, 0.4) is 0 Å². The highest BCUT2D eigenvalue weighted by Gasteiger charge is 2.09. The van der Waals surface area contributed by atoms with E-state index in [1.165, 1.54) is 5.69 Å². The number of nitrogens with zero attached hydrogens (tertiary/aromatic N) is 3. The second kappa shape index (κ2) is 9.90. The Morgan fingerprint density at radius 1 is 1.50 bits per heavy atom. The smallest absolute Gasteiger partial charge is 0.194 e. The van der Waals surface area contributed by atoms with Crippen molar-refractivity contribution in [3.05, 3.63) is 22.4 Å². The minimum absolute atomic E-state index is 0.565. The molecule has 22 heavy (non-hydrogen) atoms. The van der Waals surface area contributed by atoms with E-state index in [0.717, 1.165) is 30.1 Å². The molecule has 0 saturated heterocycles. The summed E-state index contributed by atoms with van der Waals surface area (Å²) in [7, 11) is 4.11. The summed E-state index contributed by atoms with van der Waals surface area (Å²) in [6, 6.07) is 2.13. The molecule has 0 spiro atoms. The molecular weight excluding hydrogens is 344 g/mol. The molecule has 0 bridgehead atoms. The monoisotopic (exact) mass is 372 g/mol. The molecule has 0 aromatic carbocycles. The van der Waals surface area contributed by atoms with Crippen LogP contribution in [-0.2, 0) is 18.3 Å². The molecule has 0 radical (unpaired) electrons. The lowest BCUT2D eigenvalue weighted by atomic mass is 10.2. The molecule has 0 aliphatic rings. The van der Waals surface area contributed by atoms with Crippen molar-refractivity contribution >= 4 is 21.9 Å². The number of hydrogen-bond acceptors (Lipinski definition) is 2. The lowest BCUT2D eigenvalue weighted by molar-refractivity contribution is 0.116. The van der Waals surface area contributed by atoms with E-state index >= 15 is 0 Å². The van der Waals surface area contributed by atoms with Gasteiger partial charge in [-0.25, -0.2) is 0 Å². The molecule has 6 heteroatoms. The van der Waals surface area contributed by atoms with Crippen LogP contribution in [0.5, 0.6) is 0 Å². The Balaban J connectivity index is 2.55. The molecule has 0 aliphatic heterocycles. The van der Waals surface area contributed by atoms with Crippen molar-refractivity contribution in [3.8, 4) is 0 Å². The summed E-state index contributed by atoms with van der Waals surface area (Å²) in [5.74, 6) is 1.48. The Bertz CT molecular complexity index is 471. The summed E-state index contributed by atoms with van der Waals surface area (Å²) in [5.41, 5.74) is 1.23. The van der Waals surface area contributed by atoms with Crippen LogP contribution < -0.4 is 5.32 Å². The average Bonchev–Trinajstić information content (AvgIpc) is 2.74. The number of aliphatic imine (C=N–C) groups is 1. The minimum Gasteiger partial charge on any atom is -0.379 e. The van der Waals surface area contributed by atoms with E-state index in [1.54, 1.807) is 0 Å². The Morgan fingerprint density at radius 3 is 2.77 bits per heavy atom. The quantitative estimate of drug-likeness (QED) is 0.433. The molecule has 0 atom stereocenters. The molecule has 0 amide bonds. The van der Waals surface area contributed by atoms with Gasteiger partial charge in [0.15, 0.2) is 5.96 Å². The fourth-order valence-corrected chi connectivity index (χ4v) is 2.62. The van der Waals surface area contributed by atoms with Gasteiger partial charge in [-0.05, 0) is 34.8 Å². The molecule has 1 heterocycles.